The second-order valence-electron chi connectivity index (χ2n) is 3.95. The molecular weight excluding hydrogens is 210 g/mol. The third-order valence-electron chi connectivity index (χ3n) is 2.53. The van der Waals surface area contributed by atoms with Crippen molar-refractivity contribution < 1.29 is 19.1 Å². The second-order valence-corrected chi connectivity index (χ2v) is 3.95. The Bertz CT molecular complexity index is 381. The van der Waals surface area contributed by atoms with Crippen molar-refractivity contribution in [2.24, 2.45) is 5.92 Å². The van der Waals surface area contributed by atoms with Crippen molar-refractivity contribution in [3.05, 3.63) is 24.2 Å². The molecule has 1 aliphatic rings. The highest BCUT2D eigenvalue weighted by Crippen LogP contribution is 2.30. The number of hydrogen-bond acceptors (Lipinski definition) is 3. The van der Waals surface area contributed by atoms with Crippen LogP contribution in [0.25, 0.3) is 0 Å². The average molecular weight is 223 g/mol. The van der Waals surface area contributed by atoms with Crippen molar-refractivity contribution in [1.29, 1.82) is 0 Å². The van der Waals surface area contributed by atoms with Gasteiger partial charge < -0.3 is 14.8 Å². The zero-order valence-electron chi connectivity index (χ0n) is 8.68. The Morgan fingerprint density at radius 2 is 2.31 bits per heavy atom. The molecule has 0 saturated heterocycles. The summed E-state index contributed by atoms with van der Waals surface area (Å²) in [5.41, 5.74) is 0. The molecule has 1 fully saturated rings. The second kappa shape index (κ2) is 4.38. The van der Waals surface area contributed by atoms with Gasteiger partial charge in [0.2, 0.25) is 5.91 Å². The minimum absolute atomic E-state index is 0.0613. The van der Waals surface area contributed by atoms with Gasteiger partial charge in [-0.05, 0) is 25.0 Å². The summed E-state index contributed by atoms with van der Waals surface area (Å²) in [6.45, 7) is 0. The smallest absolute Gasteiger partial charge is 0.305 e. The van der Waals surface area contributed by atoms with Gasteiger partial charge in [-0.15, -0.1) is 0 Å². The van der Waals surface area contributed by atoms with E-state index in [1.807, 2.05) is 0 Å². The molecular formula is C11H13NO4. The number of nitrogens with one attached hydrogen (secondary N) is 1. The van der Waals surface area contributed by atoms with Crippen molar-refractivity contribution >= 4 is 11.9 Å². The number of carbonyl (C=O) groups excluding carboxylic acids is 1. The van der Waals surface area contributed by atoms with Gasteiger partial charge >= 0.3 is 5.97 Å². The number of furan rings is 1. The van der Waals surface area contributed by atoms with Crippen LogP contribution >= 0.6 is 0 Å². The molecule has 1 aromatic rings. The standard InChI is InChI=1S/C11H13NO4/c13-10(14)6-8(9-2-1-5-16-9)12-11(15)7-3-4-7/h1-2,5,7-8H,3-4,6H2,(H,12,15)(H,13,14). The van der Waals surface area contributed by atoms with Crippen molar-refractivity contribution in [2.45, 2.75) is 25.3 Å². The Morgan fingerprint density at radius 3 is 2.81 bits per heavy atom. The SMILES string of the molecule is O=C(O)CC(NC(=O)C1CC1)c1ccco1. The van der Waals surface area contributed by atoms with Crippen molar-refractivity contribution in [2.75, 3.05) is 0 Å². The van der Waals surface area contributed by atoms with Crippen LogP contribution in [0.3, 0.4) is 0 Å². The highest BCUT2D eigenvalue weighted by atomic mass is 16.4. The molecule has 0 aliphatic heterocycles. The molecule has 2 N–H and O–H groups in total. The molecule has 86 valence electrons. The molecule has 1 unspecified atom stereocenters. The van der Waals surface area contributed by atoms with Gasteiger partial charge in [0.25, 0.3) is 0 Å². The Balaban J connectivity index is 2.02. The highest BCUT2D eigenvalue weighted by Gasteiger charge is 2.32. The Kier molecular flexibility index (Phi) is 2.94. The van der Waals surface area contributed by atoms with Gasteiger partial charge in [0, 0.05) is 5.92 Å². The topological polar surface area (TPSA) is 79.5 Å². The molecule has 1 atom stereocenters. The van der Waals surface area contributed by atoms with Crippen LogP contribution in [0, 0.1) is 5.92 Å². The molecule has 1 amide bonds. The van der Waals surface area contributed by atoms with E-state index in [4.69, 9.17) is 9.52 Å². The van der Waals surface area contributed by atoms with Gasteiger partial charge in [-0.1, -0.05) is 0 Å². The van der Waals surface area contributed by atoms with Gasteiger partial charge in [-0.3, -0.25) is 9.59 Å². The van der Waals surface area contributed by atoms with Crippen LogP contribution in [0.4, 0.5) is 0 Å². The van der Waals surface area contributed by atoms with Gasteiger partial charge in [-0.25, -0.2) is 0 Å². The zero-order valence-corrected chi connectivity index (χ0v) is 8.68. The summed E-state index contributed by atoms with van der Waals surface area (Å²) in [6.07, 6.45) is 3.09. The molecule has 5 nitrogen and oxygen atoms in total. The molecule has 0 bridgehead atoms. The van der Waals surface area contributed by atoms with E-state index in [0.717, 1.165) is 12.8 Å². The molecule has 1 saturated carbocycles. The number of hydrogen-bond donors (Lipinski definition) is 2. The third-order valence-corrected chi connectivity index (χ3v) is 2.53. The first-order valence-corrected chi connectivity index (χ1v) is 5.22. The van der Waals surface area contributed by atoms with Crippen LogP contribution in [0.15, 0.2) is 22.8 Å². The van der Waals surface area contributed by atoms with E-state index in [-0.39, 0.29) is 18.2 Å². The lowest BCUT2D eigenvalue weighted by Gasteiger charge is -2.14. The third kappa shape index (κ3) is 2.62. The van der Waals surface area contributed by atoms with Crippen LogP contribution in [0.2, 0.25) is 0 Å². The van der Waals surface area contributed by atoms with Gasteiger partial charge in [0.05, 0.1) is 18.7 Å². The van der Waals surface area contributed by atoms with E-state index < -0.39 is 12.0 Å². The van der Waals surface area contributed by atoms with Crippen LogP contribution in [0.1, 0.15) is 31.1 Å². The lowest BCUT2D eigenvalue weighted by Crippen LogP contribution is -2.31. The quantitative estimate of drug-likeness (QED) is 0.789. The molecule has 1 heterocycles. The Hall–Kier alpha value is -1.78. The van der Waals surface area contributed by atoms with Crippen molar-refractivity contribution in [3.63, 3.8) is 0 Å². The minimum Gasteiger partial charge on any atom is -0.481 e. The summed E-state index contributed by atoms with van der Waals surface area (Å²) in [6, 6.07) is 2.77. The predicted molar refractivity (Wildman–Crippen MR) is 54.6 cm³/mol. The number of amides is 1. The van der Waals surface area contributed by atoms with Crippen molar-refractivity contribution in [1.82, 2.24) is 5.32 Å². The molecule has 0 spiro atoms. The van der Waals surface area contributed by atoms with Gasteiger partial charge in [-0.2, -0.15) is 0 Å². The number of carboxylic acid groups (broad SMARTS) is 1. The van der Waals surface area contributed by atoms with Crippen LogP contribution < -0.4 is 5.32 Å². The van der Waals surface area contributed by atoms with Gasteiger partial charge in [0.1, 0.15) is 5.76 Å². The first-order valence-electron chi connectivity index (χ1n) is 5.22. The van der Waals surface area contributed by atoms with Crippen LogP contribution in [-0.2, 0) is 9.59 Å². The predicted octanol–water partition coefficient (Wildman–Crippen LogP) is 1.32. The van der Waals surface area contributed by atoms with E-state index in [2.05, 4.69) is 5.32 Å². The summed E-state index contributed by atoms with van der Waals surface area (Å²) in [7, 11) is 0. The molecule has 0 aromatic carbocycles. The summed E-state index contributed by atoms with van der Waals surface area (Å²) in [4.78, 5) is 22.2. The maximum absolute atomic E-state index is 11.5. The normalized spacial score (nSPS) is 16.8. The molecule has 1 aromatic heterocycles. The summed E-state index contributed by atoms with van der Waals surface area (Å²) >= 11 is 0. The van der Waals surface area contributed by atoms with E-state index >= 15 is 0 Å². The number of carboxylic acids is 1. The Labute approximate surface area is 92.4 Å². The summed E-state index contributed by atoms with van der Waals surface area (Å²) in [5, 5.41) is 11.5. The fourth-order valence-electron chi connectivity index (χ4n) is 1.52. The fourth-order valence-corrected chi connectivity index (χ4v) is 1.52. The fraction of sp³-hybridized carbons (Fsp3) is 0.455. The first-order chi connectivity index (χ1) is 7.66. The maximum Gasteiger partial charge on any atom is 0.305 e. The van der Waals surface area contributed by atoms with Crippen LogP contribution in [-0.4, -0.2) is 17.0 Å². The number of carbonyl (C=O) groups is 2. The van der Waals surface area contributed by atoms with Crippen molar-refractivity contribution in [3.8, 4) is 0 Å². The largest absolute Gasteiger partial charge is 0.481 e. The zero-order chi connectivity index (χ0) is 11.5. The highest BCUT2D eigenvalue weighted by molar-refractivity contribution is 5.81. The molecule has 0 radical (unpaired) electrons. The van der Waals surface area contributed by atoms with Crippen LogP contribution in [0.5, 0.6) is 0 Å². The monoisotopic (exact) mass is 223 g/mol. The van der Waals surface area contributed by atoms with E-state index in [9.17, 15) is 9.59 Å². The molecule has 1 aliphatic carbocycles. The maximum atomic E-state index is 11.5. The minimum atomic E-state index is -0.961. The molecule has 5 heteroatoms. The summed E-state index contributed by atoms with van der Waals surface area (Å²) in [5.74, 6) is -0.497. The first kappa shape index (κ1) is 10.7. The molecule has 2 rings (SSSR count). The van der Waals surface area contributed by atoms with E-state index in [1.165, 1.54) is 6.26 Å². The van der Waals surface area contributed by atoms with Gasteiger partial charge in [0.15, 0.2) is 0 Å². The molecule has 16 heavy (non-hydrogen) atoms. The van der Waals surface area contributed by atoms with E-state index in [1.54, 1.807) is 12.1 Å². The lowest BCUT2D eigenvalue weighted by molar-refractivity contribution is -0.138. The number of rotatable bonds is 5. The Morgan fingerprint density at radius 1 is 1.56 bits per heavy atom. The lowest BCUT2D eigenvalue weighted by atomic mass is 10.1. The van der Waals surface area contributed by atoms with E-state index in [0.29, 0.717) is 5.76 Å². The summed E-state index contributed by atoms with van der Waals surface area (Å²) < 4.78 is 5.12. The number of aliphatic carboxylic acids is 1. The average Bonchev–Trinajstić information content (AvgIpc) is 2.92.